The lowest BCUT2D eigenvalue weighted by Crippen LogP contribution is -2.35. The highest BCUT2D eigenvalue weighted by Gasteiger charge is 2.21. The highest BCUT2D eigenvalue weighted by Crippen LogP contribution is 2.21. The summed E-state index contributed by atoms with van der Waals surface area (Å²) in [5.74, 6) is 0.655. The summed E-state index contributed by atoms with van der Waals surface area (Å²) in [4.78, 5) is 27.2. The van der Waals surface area contributed by atoms with Crippen molar-refractivity contribution in [3.63, 3.8) is 0 Å². The summed E-state index contributed by atoms with van der Waals surface area (Å²) in [6.07, 6.45) is 3.92. The van der Waals surface area contributed by atoms with Crippen LogP contribution in [-0.2, 0) is 30.8 Å². The van der Waals surface area contributed by atoms with Crippen molar-refractivity contribution >= 4 is 5.91 Å². The molecule has 8 heteroatoms. The van der Waals surface area contributed by atoms with Gasteiger partial charge in [0.15, 0.2) is 0 Å². The molecular formula is C23H30N6O2. The topological polar surface area (TPSA) is 78.0 Å². The van der Waals surface area contributed by atoms with E-state index in [1.165, 1.54) is 4.68 Å². The molecule has 4 rings (SSSR count). The lowest BCUT2D eigenvalue weighted by Gasteiger charge is -2.17. The van der Waals surface area contributed by atoms with E-state index in [1.807, 2.05) is 36.7 Å². The first kappa shape index (κ1) is 21.1. The molecule has 1 aliphatic heterocycles. The second kappa shape index (κ2) is 8.53. The van der Waals surface area contributed by atoms with Crippen LogP contribution in [0.4, 0.5) is 0 Å². The summed E-state index contributed by atoms with van der Waals surface area (Å²) in [6, 6.07) is 8.11. The maximum absolute atomic E-state index is 12.9. The fourth-order valence-corrected chi connectivity index (χ4v) is 4.24. The molecule has 3 heterocycles. The monoisotopic (exact) mass is 422 g/mol. The summed E-state index contributed by atoms with van der Waals surface area (Å²) in [7, 11) is 1.76. The van der Waals surface area contributed by atoms with Crippen LogP contribution in [0.15, 0.2) is 29.1 Å². The number of hydrogen-bond donors (Lipinski definition) is 0. The van der Waals surface area contributed by atoms with E-state index in [1.54, 1.807) is 16.5 Å². The number of para-hydroxylation sites is 1. The zero-order valence-corrected chi connectivity index (χ0v) is 18.8. The first-order valence-corrected chi connectivity index (χ1v) is 10.9. The van der Waals surface area contributed by atoms with Crippen molar-refractivity contribution in [3.8, 4) is 5.69 Å². The minimum Gasteiger partial charge on any atom is -0.340 e. The van der Waals surface area contributed by atoms with E-state index in [0.717, 1.165) is 59.7 Å². The van der Waals surface area contributed by atoms with Crippen molar-refractivity contribution in [1.82, 2.24) is 29.0 Å². The molecule has 0 N–H and O–H groups in total. The average molecular weight is 423 g/mol. The second-order valence-corrected chi connectivity index (χ2v) is 8.42. The van der Waals surface area contributed by atoms with Crippen molar-refractivity contribution in [2.24, 2.45) is 0 Å². The van der Waals surface area contributed by atoms with Crippen LogP contribution in [0.5, 0.6) is 0 Å². The molecule has 0 bridgehead atoms. The molecule has 0 atom stereocenters. The summed E-state index contributed by atoms with van der Waals surface area (Å²) < 4.78 is 4.98. The highest BCUT2D eigenvalue weighted by molar-refractivity contribution is 5.75. The second-order valence-electron chi connectivity index (χ2n) is 8.42. The summed E-state index contributed by atoms with van der Waals surface area (Å²) >= 11 is 0. The van der Waals surface area contributed by atoms with Gasteiger partial charge in [0.05, 0.1) is 11.4 Å². The van der Waals surface area contributed by atoms with Gasteiger partial charge in [0.25, 0.3) is 0 Å². The zero-order chi connectivity index (χ0) is 22.1. The number of hydrogen-bond acceptors (Lipinski definition) is 4. The average Bonchev–Trinajstić information content (AvgIpc) is 3.06. The van der Waals surface area contributed by atoms with E-state index >= 15 is 0 Å². The molecule has 1 amide bonds. The molecule has 1 aromatic carbocycles. The van der Waals surface area contributed by atoms with Crippen molar-refractivity contribution in [1.29, 1.82) is 0 Å². The van der Waals surface area contributed by atoms with Crippen LogP contribution in [0, 0.1) is 20.8 Å². The van der Waals surface area contributed by atoms with Gasteiger partial charge in [-0.1, -0.05) is 24.6 Å². The van der Waals surface area contributed by atoms with Crippen molar-refractivity contribution in [3.05, 3.63) is 63.1 Å². The van der Waals surface area contributed by atoms with E-state index in [-0.39, 0.29) is 18.1 Å². The van der Waals surface area contributed by atoms with E-state index in [4.69, 9.17) is 5.10 Å². The SMILES string of the molecule is Cc1ccccc1-n1nc(C)c(CN(C)C(=O)Cn2nc3n(c2=O)CCCCC3)c1C. The normalized spacial score (nSPS) is 13.7. The van der Waals surface area contributed by atoms with Gasteiger partial charge in [-0.05, 0) is 45.2 Å². The van der Waals surface area contributed by atoms with Crippen LogP contribution < -0.4 is 5.69 Å². The third kappa shape index (κ3) is 4.06. The molecular weight excluding hydrogens is 392 g/mol. The molecule has 0 spiro atoms. The first-order valence-electron chi connectivity index (χ1n) is 10.9. The number of aromatic nitrogens is 5. The minimum atomic E-state index is -0.182. The van der Waals surface area contributed by atoms with E-state index < -0.39 is 0 Å². The third-order valence-electron chi connectivity index (χ3n) is 6.17. The molecule has 164 valence electrons. The molecule has 0 unspecified atom stereocenters. The van der Waals surface area contributed by atoms with Gasteiger partial charge in [-0.15, -0.1) is 0 Å². The van der Waals surface area contributed by atoms with Crippen LogP contribution in [0.1, 0.15) is 47.6 Å². The number of fused-ring (bicyclic) bond motifs is 1. The molecule has 0 radical (unpaired) electrons. The Morgan fingerprint density at radius 2 is 1.87 bits per heavy atom. The minimum absolute atomic E-state index is 0.0423. The maximum Gasteiger partial charge on any atom is 0.346 e. The Balaban J connectivity index is 1.51. The Hall–Kier alpha value is -3.16. The van der Waals surface area contributed by atoms with Crippen LogP contribution in [-0.4, -0.2) is 42.0 Å². The van der Waals surface area contributed by atoms with Gasteiger partial charge in [0, 0.05) is 37.8 Å². The molecule has 3 aromatic rings. The van der Waals surface area contributed by atoms with Gasteiger partial charge in [-0.2, -0.15) is 10.2 Å². The van der Waals surface area contributed by atoms with Gasteiger partial charge in [-0.25, -0.2) is 14.2 Å². The van der Waals surface area contributed by atoms with Gasteiger partial charge in [0.2, 0.25) is 5.91 Å². The molecule has 1 aliphatic rings. The van der Waals surface area contributed by atoms with Crippen molar-refractivity contribution in [2.45, 2.75) is 66.1 Å². The number of carbonyl (C=O) groups is 1. The quantitative estimate of drug-likeness (QED) is 0.633. The zero-order valence-electron chi connectivity index (χ0n) is 18.8. The van der Waals surface area contributed by atoms with Crippen LogP contribution in [0.3, 0.4) is 0 Å². The standard InChI is InChI=1S/C23H30N6O2/c1-16-10-7-8-11-20(16)29-18(3)19(17(2)24-29)14-26(4)22(30)15-28-23(31)27-13-9-5-6-12-21(27)25-28/h7-8,10-11H,5-6,9,12-15H2,1-4H3. The number of likely N-dealkylation sites (N-methyl/N-ethyl adjacent to an activating group) is 1. The Kier molecular flexibility index (Phi) is 5.80. The molecule has 0 aliphatic carbocycles. The van der Waals surface area contributed by atoms with Gasteiger partial charge >= 0.3 is 5.69 Å². The molecule has 31 heavy (non-hydrogen) atoms. The van der Waals surface area contributed by atoms with Crippen LogP contribution >= 0.6 is 0 Å². The Morgan fingerprint density at radius 3 is 2.65 bits per heavy atom. The molecule has 8 nitrogen and oxygen atoms in total. The largest absolute Gasteiger partial charge is 0.346 e. The maximum atomic E-state index is 12.9. The van der Waals surface area contributed by atoms with E-state index in [0.29, 0.717) is 13.1 Å². The molecule has 0 saturated carbocycles. The highest BCUT2D eigenvalue weighted by atomic mass is 16.2. The lowest BCUT2D eigenvalue weighted by molar-refractivity contribution is -0.131. The van der Waals surface area contributed by atoms with Gasteiger partial charge < -0.3 is 4.90 Å². The van der Waals surface area contributed by atoms with E-state index in [9.17, 15) is 9.59 Å². The fourth-order valence-electron chi connectivity index (χ4n) is 4.24. The predicted molar refractivity (Wildman–Crippen MR) is 118 cm³/mol. The number of carbonyl (C=O) groups excluding carboxylic acids is 1. The number of rotatable bonds is 5. The number of nitrogens with zero attached hydrogens (tertiary/aromatic N) is 6. The molecule has 2 aromatic heterocycles. The Bertz CT molecular complexity index is 1170. The van der Waals surface area contributed by atoms with Gasteiger partial charge in [0.1, 0.15) is 12.4 Å². The number of benzene rings is 1. The molecule has 0 fully saturated rings. The lowest BCUT2D eigenvalue weighted by atomic mass is 10.1. The molecule has 0 saturated heterocycles. The van der Waals surface area contributed by atoms with Gasteiger partial charge in [-0.3, -0.25) is 9.36 Å². The summed E-state index contributed by atoms with van der Waals surface area (Å²) in [5, 5.41) is 9.14. The Labute approximate surface area is 182 Å². The fraction of sp³-hybridized carbons (Fsp3) is 0.478. The smallest absolute Gasteiger partial charge is 0.340 e. The predicted octanol–water partition coefficient (Wildman–Crippen LogP) is 2.54. The number of aryl methyl sites for hydroxylation is 3. The number of amides is 1. The Morgan fingerprint density at radius 1 is 1.10 bits per heavy atom. The van der Waals surface area contributed by atoms with Crippen LogP contribution in [0.25, 0.3) is 5.69 Å². The van der Waals surface area contributed by atoms with Crippen molar-refractivity contribution < 1.29 is 4.79 Å². The van der Waals surface area contributed by atoms with Crippen LogP contribution in [0.2, 0.25) is 0 Å². The first-order chi connectivity index (χ1) is 14.9. The van der Waals surface area contributed by atoms with Crippen molar-refractivity contribution in [2.75, 3.05) is 7.05 Å². The third-order valence-corrected chi connectivity index (χ3v) is 6.17. The summed E-state index contributed by atoms with van der Waals surface area (Å²) in [6.45, 7) is 7.13. The van der Waals surface area contributed by atoms with E-state index in [2.05, 4.69) is 18.1 Å². The summed E-state index contributed by atoms with van der Waals surface area (Å²) in [5.41, 5.74) is 4.92.